The molecule has 0 atom stereocenters. The molecular formula is C30H20N4OSSi. The molecule has 0 radical (unpaired) electrons. The van der Waals surface area contributed by atoms with Crippen LogP contribution in [-0.4, -0.2) is 26.8 Å². The van der Waals surface area contributed by atoms with Crippen molar-refractivity contribution < 1.29 is 4.42 Å². The first-order valence-electron chi connectivity index (χ1n) is 12.1. The minimum atomic E-state index is -2.72. The number of benzene rings is 4. The number of aromatic nitrogens is 4. The smallest absolute Gasteiger partial charge is 0.306 e. The molecule has 0 aliphatic heterocycles. The molecule has 0 N–H and O–H groups in total. The van der Waals surface area contributed by atoms with Crippen molar-refractivity contribution in [3.8, 4) is 0 Å². The van der Waals surface area contributed by atoms with E-state index >= 15 is 0 Å². The van der Waals surface area contributed by atoms with Crippen LogP contribution in [0.4, 0.5) is 0 Å². The Morgan fingerprint density at radius 1 is 0.622 bits per heavy atom. The number of imidazole rings is 2. The molecule has 0 aliphatic carbocycles. The quantitative estimate of drug-likeness (QED) is 0.261. The second-order valence-corrected chi connectivity index (χ2v) is 13.9. The van der Waals surface area contributed by atoms with Gasteiger partial charge >= 0.3 is 5.84 Å². The summed E-state index contributed by atoms with van der Waals surface area (Å²) in [4.78, 5) is 10.5. The molecule has 8 rings (SSSR count). The lowest BCUT2D eigenvalue weighted by atomic mass is 10.3. The van der Waals surface area contributed by atoms with Crippen LogP contribution in [0.1, 0.15) is 0 Å². The van der Waals surface area contributed by atoms with E-state index in [1.165, 1.54) is 20.7 Å². The Bertz CT molecular complexity index is 1900. The fraction of sp³-hybridized carbons (Fsp3) is 0. The summed E-state index contributed by atoms with van der Waals surface area (Å²) in [6.07, 6.45) is 5.74. The summed E-state index contributed by atoms with van der Waals surface area (Å²) in [7, 11) is -2.72. The summed E-state index contributed by atoms with van der Waals surface area (Å²) < 4.78 is 9.84. The Morgan fingerprint density at radius 3 is 1.92 bits per heavy atom. The summed E-state index contributed by atoms with van der Waals surface area (Å²) in [5.41, 5.74) is 4.14. The van der Waals surface area contributed by atoms with E-state index in [2.05, 4.69) is 118 Å². The zero-order valence-corrected chi connectivity index (χ0v) is 21.5. The van der Waals surface area contributed by atoms with Gasteiger partial charge in [0.1, 0.15) is 6.26 Å². The van der Waals surface area contributed by atoms with Gasteiger partial charge in [-0.2, -0.15) is 4.98 Å². The number of rotatable bonds is 4. The maximum absolute atomic E-state index is 5.61. The maximum Gasteiger partial charge on any atom is 0.306 e. The predicted molar refractivity (Wildman–Crippen MR) is 153 cm³/mol. The average Bonchev–Trinajstić information content (AvgIpc) is 3.72. The number of thiazole rings is 1. The number of hydrogen-bond donors (Lipinski definition) is 0. The van der Waals surface area contributed by atoms with E-state index < -0.39 is 8.07 Å². The summed E-state index contributed by atoms with van der Waals surface area (Å²) in [5.74, 6) is 0.611. The monoisotopic (exact) mass is 512 g/mol. The molecule has 37 heavy (non-hydrogen) atoms. The van der Waals surface area contributed by atoms with Crippen LogP contribution in [0.5, 0.6) is 0 Å². The summed E-state index contributed by atoms with van der Waals surface area (Å²) in [5, 5.41) is 7.37. The van der Waals surface area contributed by atoms with Crippen LogP contribution in [0, 0.1) is 0 Å². The van der Waals surface area contributed by atoms with Crippen molar-refractivity contribution in [3.63, 3.8) is 0 Å². The van der Waals surface area contributed by atoms with Gasteiger partial charge in [0.25, 0.3) is 0 Å². The summed E-state index contributed by atoms with van der Waals surface area (Å²) in [6.45, 7) is 0. The molecule has 0 saturated carbocycles. The van der Waals surface area contributed by atoms with Crippen molar-refractivity contribution in [1.82, 2.24) is 18.8 Å². The van der Waals surface area contributed by atoms with Gasteiger partial charge in [-0.25, -0.2) is 4.98 Å². The van der Waals surface area contributed by atoms with E-state index in [0.717, 1.165) is 27.0 Å². The third-order valence-electron chi connectivity index (χ3n) is 7.36. The van der Waals surface area contributed by atoms with E-state index in [1.807, 2.05) is 10.6 Å². The molecule has 4 aromatic carbocycles. The minimum Gasteiger partial charge on any atom is -0.432 e. The highest BCUT2D eigenvalue weighted by Gasteiger charge is 2.42. The maximum atomic E-state index is 5.61. The first-order chi connectivity index (χ1) is 18.3. The largest absolute Gasteiger partial charge is 0.432 e. The molecule has 7 heteroatoms. The lowest BCUT2D eigenvalue weighted by molar-refractivity contribution is 0.597. The van der Waals surface area contributed by atoms with Crippen molar-refractivity contribution in [2.45, 2.75) is 0 Å². The van der Waals surface area contributed by atoms with Crippen molar-refractivity contribution in [2.24, 2.45) is 0 Å². The van der Waals surface area contributed by atoms with Crippen molar-refractivity contribution in [2.75, 3.05) is 0 Å². The van der Waals surface area contributed by atoms with E-state index in [-0.39, 0.29) is 0 Å². The van der Waals surface area contributed by atoms with E-state index in [1.54, 1.807) is 17.6 Å². The molecule has 0 spiro atoms. The number of oxazole rings is 1. The fourth-order valence-electron chi connectivity index (χ4n) is 5.74. The van der Waals surface area contributed by atoms with Gasteiger partial charge in [0.15, 0.2) is 13.0 Å². The second-order valence-electron chi connectivity index (χ2n) is 9.22. The van der Waals surface area contributed by atoms with E-state index in [4.69, 9.17) is 9.40 Å². The van der Waals surface area contributed by atoms with Crippen molar-refractivity contribution in [1.29, 1.82) is 0 Å². The number of hydrogen-bond acceptors (Lipinski definition) is 4. The van der Waals surface area contributed by atoms with Crippen LogP contribution in [0.2, 0.25) is 0 Å². The van der Waals surface area contributed by atoms with Gasteiger partial charge in [-0.3, -0.25) is 8.80 Å². The lowest BCUT2D eigenvalue weighted by Gasteiger charge is -2.34. The van der Waals surface area contributed by atoms with Crippen LogP contribution in [0.25, 0.3) is 32.9 Å². The first-order valence-corrected chi connectivity index (χ1v) is 15.0. The highest BCUT2D eigenvalue weighted by Crippen LogP contribution is 2.22. The highest BCUT2D eigenvalue weighted by molar-refractivity contribution is 7.20. The van der Waals surface area contributed by atoms with Crippen molar-refractivity contribution in [3.05, 3.63) is 121 Å². The SMILES string of the molecule is c1ccc([Si](c2ccccc2)(c2ccc3nc4occn4c3c2)c2ccc3nc4sccn4c3c2)cc1. The fourth-order valence-corrected chi connectivity index (χ4v) is 11.2. The predicted octanol–water partition coefficient (Wildman–Crippen LogP) is 4.32. The minimum absolute atomic E-state index is 0.611. The normalized spacial score (nSPS) is 12.3. The number of fused-ring (bicyclic) bond motifs is 6. The highest BCUT2D eigenvalue weighted by atomic mass is 32.1. The Hall–Kier alpha value is -4.46. The molecule has 0 amide bonds. The summed E-state index contributed by atoms with van der Waals surface area (Å²) >= 11 is 1.66. The summed E-state index contributed by atoms with van der Waals surface area (Å²) in [6, 6.07) is 35.5. The number of nitrogens with zero attached hydrogens (tertiary/aromatic N) is 4. The molecule has 5 nitrogen and oxygen atoms in total. The average molecular weight is 513 g/mol. The van der Waals surface area contributed by atoms with Gasteiger partial charge in [0.2, 0.25) is 0 Å². The molecule has 0 fully saturated rings. The zero-order chi connectivity index (χ0) is 24.4. The Labute approximate surface area is 216 Å². The lowest BCUT2D eigenvalue weighted by Crippen LogP contribution is -2.74. The van der Waals surface area contributed by atoms with Gasteiger partial charge in [0.05, 0.1) is 22.1 Å². The standard InChI is InChI=1S/C30H20N4OSSi/c1-3-7-21(8-4-1)37(22-9-5-2-6-10-22,23-11-13-25-27(19-23)33-15-17-35-29(33)31-25)24-12-14-26-28(20-24)34-16-18-36-30(34)32-26/h1-20H. The topological polar surface area (TPSA) is 47.7 Å². The first kappa shape index (κ1) is 20.7. The van der Waals surface area contributed by atoms with Gasteiger partial charge in [-0.1, -0.05) is 72.8 Å². The Kier molecular flexibility index (Phi) is 4.35. The Morgan fingerprint density at radius 2 is 1.24 bits per heavy atom. The van der Waals surface area contributed by atoms with Crippen LogP contribution < -0.4 is 20.7 Å². The van der Waals surface area contributed by atoms with Gasteiger partial charge in [-0.15, -0.1) is 11.3 Å². The van der Waals surface area contributed by atoms with Gasteiger partial charge < -0.3 is 4.42 Å². The molecule has 8 aromatic rings. The van der Waals surface area contributed by atoms with Gasteiger partial charge in [0, 0.05) is 17.8 Å². The van der Waals surface area contributed by atoms with E-state index in [9.17, 15) is 0 Å². The molecule has 4 aromatic heterocycles. The molecule has 0 saturated heterocycles. The molecule has 176 valence electrons. The third kappa shape index (κ3) is 2.89. The van der Waals surface area contributed by atoms with Crippen molar-refractivity contribution >= 4 is 73.0 Å². The molecular weight excluding hydrogens is 493 g/mol. The second kappa shape index (κ2) is 7.77. The molecule has 0 unspecified atom stereocenters. The molecule has 0 aliphatic rings. The van der Waals surface area contributed by atoms with Gasteiger partial charge in [-0.05, 0) is 45.0 Å². The Balaban J connectivity index is 1.53. The van der Waals surface area contributed by atoms with E-state index in [0.29, 0.717) is 5.84 Å². The third-order valence-corrected chi connectivity index (χ3v) is 12.9. The molecule has 0 bridgehead atoms. The van der Waals surface area contributed by atoms with Crippen LogP contribution in [0.3, 0.4) is 0 Å². The van der Waals surface area contributed by atoms with Crippen LogP contribution >= 0.6 is 11.3 Å². The zero-order valence-electron chi connectivity index (χ0n) is 19.7. The van der Waals surface area contributed by atoms with Crippen LogP contribution in [0.15, 0.2) is 126 Å². The van der Waals surface area contributed by atoms with Crippen LogP contribution in [-0.2, 0) is 0 Å². The molecule has 4 heterocycles.